The highest BCUT2D eigenvalue weighted by Gasteiger charge is 2.52. The number of anilines is 2. The van der Waals surface area contributed by atoms with Gasteiger partial charge in [-0.1, -0.05) is 0 Å². The molecule has 2 bridgehead atoms. The number of ether oxygens (including phenoxy) is 2. The van der Waals surface area contributed by atoms with E-state index in [1.807, 2.05) is 0 Å². The molecule has 22 nitrogen and oxygen atoms in total. The number of aromatic amines is 1. The fraction of sp³-hybridized carbons (Fsp3) is 0.500. The number of nitrogen functional groups attached to an aromatic ring is 2. The van der Waals surface area contributed by atoms with Crippen molar-refractivity contribution in [2.75, 3.05) is 24.7 Å². The Bertz CT molecular complexity index is 1900. The van der Waals surface area contributed by atoms with Crippen LogP contribution in [-0.4, -0.2) is 97.7 Å². The molecule has 4 aromatic rings. The summed E-state index contributed by atoms with van der Waals surface area (Å²) in [4.78, 5) is 56.0. The number of nitrogens with zero attached hydrogens (tertiary/aromatic N) is 7. The third-order valence-electron chi connectivity index (χ3n) is 7.24. The van der Waals surface area contributed by atoms with Crippen molar-refractivity contribution in [3.63, 3.8) is 0 Å². The van der Waals surface area contributed by atoms with Crippen LogP contribution in [0.5, 0.6) is 0 Å². The van der Waals surface area contributed by atoms with Gasteiger partial charge in [0.1, 0.15) is 48.6 Å². The second kappa shape index (κ2) is 10.6. The van der Waals surface area contributed by atoms with Crippen LogP contribution in [-0.2, 0) is 36.7 Å². The molecule has 7 heterocycles. The van der Waals surface area contributed by atoms with Gasteiger partial charge in [0.25, 0.3) is 5.56 Å². The van der Waals surface area contributed by atoms with Crippen molar-refractivity contribution >= 4 is 49.7 Å². The van der Waals surface area contributed by atoms with Crippen LogP contribution in [0.2, 0.25) is 0 Å². The van der Waals surface area contributed by atoms with Crippen molar-refractivity contribution in [1.82, 2.24) is 39.0 Å². The Morgan fingerprint density at radius 1 is 0.886 bits per heavy atom. The van der Waals surface area contributed by atoms with E-state index in [1.54, 1.807) is 0 Å². The SMILES string of the molecule is Nc1nc2c(ncn2[C@@H]2O[C@@H]3COP(=O)(O)OC4C[C@H](n5cnc6c(N)ncnc65)O[C@@H]4COP(=O)(O)O[C@H]2C3O)c(=O)[nH]1. The lowest BCUT2D eigenvalue weighted by Gasteiger charge is -2.25. The smallest absolute Gasteiger partial charge is 0.387 e. The summed E-state index contributed by atoms with van der Waals surface area (Å²) in [6.07, 6.45) is -5.86. The number of nitrogens with one attached hydrogen (secondary N) is 1. The Labute approximate surface area is 244 Å². The van der Waals surface area contributed by atoms with E-state index in [4.69, 9.17) is 39.0 Å². The summed E-state index contributed by atoms with van der Waals surface area (Å²) in [5.74, 6) is -0.145. The molecule has 44 heavy (non-hydrogen) atoms. The number of aliphatic hydroxyl groups is 1. The van der Waals surface area contributed by atoms with E-state index in [-0.39, 0.29) is 34.9 Å². The fourth-order valence-corrected chi connectivity index (χ4v) is 7.15. The quantitative estimate of drug-likeness (QED) is 0.136. The maximum Gasteiger partial charge on any atom is 0.472 e. The minimum absolute atomic E-state index is 0.0654. The number of phosphoric acid groups is 2. The summed E-state index contributed by atoms with van der Waals surface area (Å²) >= 11 is 0. The number of rotatable bonds is 2. The van der Waals surface area contributed by atoms with Gasteiger partial charge in [-0.05, 0) is 0 Å². The van der Waals surface area contributed by atoms with E-state index in [1.165, 1.54) is 17.2 Å². The molecule has 0 amide bonds. The monoisotopic (exact) mass is 658 g/mol. The fourth-order valence-electron chi connectivity index (χ4n) is 5.26. The first-order chi connectivity index (χ1) is 20.9. The van der Waals surface area contributed by atoms with E-state index in [9.17, 15) is 28.8 Å². The Hall–Kier alpha value is -3.40. The molecule has 24 heteroatoms. The van der Waals surface area contributed by atoms with Crippen molar-refractivity contribution < 1.29 is 51.6 Å². The molecule has 0 aromatic carbocycles. The highest BCUT2D eigenvalue weighted by Crippen LogP contribution is 2.53. The molecule has 7 rings (SSSR count). The first-order valence-electron chi connectivity index (χ1n) is 12.8. The molecule has 9 atom stereocenters. The van der Waals surface area contributed by atoms with Gasteiger partial charge in [-0.15, -0.1) is 0 Å². The number of hydrogen-bond acceptors (Lipinski definition) is 17. The first kappa shape index (κ1) is 29.3. The number of imidazole rings is 2. The first-order valence-corrected chi connectivity index (χ1v) is 15.8. The molecule has 3 fully saturated rings. The van der Waals surface area contributed by atoms with Gasteiger partial charge in [-0.3, -0.25) is 37.0 Å². The molecular formula is C20H24N10O12P2. The summed E-state index contributed by atoms with van der Waals surface area (Å²) in [7, 11) is -9.88. The van der Waals surface area contributed by atoms with Gasteiger partial charge in [0.15, 0.2) is 28.9 Å². The number of aromatic nitrogens is 8. The Morgan fingerprint density at radius 3 is 2.39 bits per heavy atom. The second-order valence-corrected chi connectivity index (χ2v) is 12.8. The molecular weight excluding hydrogens is 634 g/mol. The summed E-state index contributed by atoms with van der Waals surface area (Å²) in [5, 5.41) is 11.0. The van der Waals surface area contributed by atoms with Crippen molar-refractivity contribution in [3.8, 4) is 0 Å². The highest BCUT2D eigenvalue weighted by atomic mass is 31.2. The molecule has 3 saturated heterocycles. The predicted octanol–water partition coefficient (Wildman–Crippen LogP) is -1.31. The second-order valence-electron chi connectivity index (χ2n) is 10.0. The van der Waals surface area contributed by atoms with Gasteiger partial charge in [-0.25, -0.2) is 29.1 Å². The molecule has 4 unspecified atom stereocenters. The minimum atomic E-state index is -5.01. The molecule has 4 aromatic heterocycles. The van der Waals surface area contributed by atoms with Crippen LogP contribution < -0.4 is 17.0 Å². The van der Waals surface area contributed by atoms with Crippen molar-refractivity contribution in [2.45, 2.75) is 49.4 Å². The molecule has 0 aliphatic carbocycles. The number of aliphatic hydroxyl groups excluding tert-OH is 1. The minimum Gasteiger partial charge on any atom is -0.387 e. The molecule has 0 saturated carbocycles. The summed E-state index contributed by atoms with van der Waals surface area (Å²) < 4.78 is 61.7. The normalized spacial score (nSPS) is 36.6. The zero-order valence-electron chi connectivity index (χ0n) is 22.1. The van der Waals surface area contributed by atoms with Gasteiger partial charge in [0, 0.05) is 6.42 Å². The van der Waals surface area contributed by atoms with Gasteiger partial charge in [0.2, 0.25) is 5.95 Å². The lowest BCUT2D eigenvalue weighted by molar-refractivity contribution is -0.0670. The maximum absolute atomic E-state index is 13.2. The average molecular weight is 658 g/mol. The van der Waals surface area contributed by atoms with Gasteiger partial charge in [0.05, 0.1) is 25.9 Å². The van der Waals surface area contributed by atoms with E-state index in [2.05, 4.69) is 29.9 Å². The van der Waals surface area contributed by atoms with Crippen LogP contribution in [0.15, 0.2) is 23.8 Å². The largest absolute Gasteiger partial charge is 0.472 e. The summed E-state index contributed by atoms with van der Waals surface area (Å²) in [5.41, 5.74) is 11.2. The van der Waals surface area contributed by atoms with E-state index < -0.39 is 77.4 Å². The molecule has 0 radical (unpaired) electrons. The number of nitrogens with two attached hydrogens (primary N) is 2. The van der Waals surface area contributed by atoms with E-state index in [0.29, 0.717) is 5.65 Å². The van der Waals surface area contributed by atoms with Crippen molar-refractivity contribution in [3.05, 3.63) is 29.3 Å². The lowest BCUT2D eigenvalue weighted by atomic mass is 10.1. The standard InChI is InChI=1S/C20H24N10O12P2/c21-15-11-16(24-4-23-15)29(5-25-11)10-1-7-8(39-10)2-37-44(35,36)42-14-13(31)9(3-38-43(33,34)41-7)40-19(14)30-6-26-12-17(30)27-20(22)28-18(12)32/h4-10,13-14,19,31H,1-3H2,(H,33,34)(H,35,36)(H2,21,23,24)(H3,22,27,28,32)/t7?,8-,9-,10-,13?,14+,19-/m1/s1. The van der Waals surface area contributed by atoms with Crippen LogP contribution in [0.1, 0.15) is 18.9 Å². The number of phosphoric ester groups is 2. The topological polar surface area (TPSA) is 309 Å². The third kappa shape index (κ3) is 5.18. The van der Waals surface area contributed by atoms with Crippen LogP contribution in [0.3, 0.4) is 0 Å². The molecule has 3 aliphatic heterocycles. The van der Waals surface area contributed by atoms with E-state index in [0.717, 1.165) is 10.9 Å². The molecule has 236 valence electrons. The highest BCUT2D eigenvalue weighted by molar-refractivity contribution is 7.47. The van der Waals surface area contributed by atoms with Crippen LogP contribution in [0.25, 0.3) is 22.3 Å². The number of hydrogen-bond donors (Lipinski definition) is 6. The van der Waals surface area contributed by atoms with E-state index >= 15 is 0 Å². The number of fused-ring (bicyclic) bond motifs is 5. The lowest BCUT2D eigenvalue weighted by Crippen LogP contribution is -2.35. The van der Waals surface area contributed by atoms with Gasteiger partial charge < -0.3 is 35.8 Å². The van der Waals surface area contributed by atoms with Crippen molar-refractivity contribution in [2.24, 2.45) is 0 Å². The van der Waals surface area contributed by atoms with Crippen LogP contribution >= 0.6 is 15.6 Å². The van der Waals surface area contributed by atoms with Crippen molar-refractivity contribution in [1.29, 1.82) is 0 Å². The number of H-pyrrole nitrogens is 1. The van der Waals surface area contributed by atoms with Crippen LogP contribution in [0.4, 0.5) is 11.8 Å². The summed E-state index contributed by atoms with van der Waals surface area (Å²) in [6, 6.07) is 0. The molecule has 3 aliphatic rings. The zero-order valence-corrected chi connectivity index (χ0v) is 23.9. The Balaban J connectivity index is 1.19. The predicted molar refractivity (Wildman–Crippen MR) is 142 cm³/mol. The molecule has 8 N–H and O–H groups in total. The Morgan fingerprint density at radius 2 is 1.59 bits per heavy atom. The Kier molecular flexibility index (Phi) is 7.06. The zero-order chi connectivity index (χ0) is 31.0. The average Bonchev–Trinajstić information content (AvgIpc) is 3.72. The van der Waals surface area contributed by atoms with Crippen LogP contribution in [0, 0.1) is 0 Å². The molecule has 0 spiro atoms. The van der Waals surface area contributed by atoms with Gasteiger partial charge in [-0.2, -0.15) is 4.98 Å². The third-order valence-corrected chi connectivity index (χ3v) is 9.24. The maximum atomic E-state index is 13.2. The summed E-state index contributed by atoms with van der Waals surface area (Å²) in [6.45, 7) is -1.40. The van der Waals surface area contributed by atoms with Gasteiger partial charge >= 0.3 is 15.6 Å².